The van der Waals surface area contributed by atoms with Crippen molar-refractivity contribution in [2.75, 3.05) is 26.3 Å². The first kappa shape index (κ1) is 21.3. The molecule has 6 heteroatoms. The van der Waals surface area contributed by atoms with E-state index in [0.717, 1.165) is 56.6 Å². The lowest BCUT2D eigenvalue weighted by Crippen LogP contribution is -2.41. The zero-order chi connectivity index (χ0) is 21.4. The molecule has 3 unspecified atom stereocenters. The molecule has 0 bridgehead atoms. The van der Waals surface area contributed by atoms with E-state index < -0.39 is 0 Å². The van der Waals surface area contributed by atoms with Crippen LogP contribution < -0.4 is 0 Å². The van der Waals surface area contributed by atoms with Gasteiger partial charge in [-0.2, -0.15) is 0 Å². The number of halogens is 2. The Morgan fingerprint density at radius 2 is 2.06 bits per heavy atom. The second-order valence-corrected chi connectivity index (χ2v) is 9.79. The molecule has 2 aliphatic heterocycles. The summed E-state index contributed by atoms with van der Waals surface area (Å²) in [6.07, 6.45) is 13.7. The minimum absolute atomic E-state index is 0.120. The molecule has 3 aliphatic rings. The van der Waals surface area contributed by atoms with Crippen LogP contribution in [0.15, 0.2) is 53.9 Å². The summed E-state index contributed by atoms with van der Waals surface area (Å²) in [5.41, 5.74) is 4.93. The predicted molar refractivity (Wildman–Crippen MR) is 129 cm³/mol. The Labute approximate surface area is 194 Å². The molecule has 0 spiro atoms. The fraction of sp³-hybridized carbons (Fsp3) is 0.480. The topological polar surface area (TPSA) is 30.3 Å². The van der Waals surface area contributed by atoms with E-state index in [0.29, 0.717) is 11.1 Å². The standard InChI is InChI=1S/C25H29Cl2N3O/c1-17(22-4-3-20(26)15-23(22)27)30-16-28-24-5-2-19(14-25(24)30)18-6-10-29(11-7-18)21-8-12-31-13-9-21/h2-6,14-17,21-23H,7-13H2,1H3. The maximum Gasteiger partial charge on any atom is 0.0961 e. The highest BCUT2D eigenvalue weighted by atomic mass is 35.5. The third kappa shape index (κ3) is 4.36. The van der Waals surface area contributed by atoms with Crippen LogP contribution in [0.2, 0.25) is 0 Å². The van der Waals surface area contributed by atoms with Crippen LogP contribution in [0.5, 0.6) is 0 Å². The molecular formula is C25H29Cl2N3O. The Morgan fingerprint density at radius 1 is 1.23 bits per heavy atom. The van der Waals surface area contributed by atoms with Crippen molar-refractivity contribution in [1.29, 1.82) is 0 Å². The molecule has 0 saturated carbocycles. The fourth-order valence-electron chi connectivity index (χ4n) is 5.12. The van der Waals surface area contributed by atoms with Gasteiger partial charge in [-0.15, -0.1) is 11.6 Å². The maximum absolute atomic E-state index is 6.60. The zero-order valence-corrected chi connectivity index (χ0v) is 19.4. The van der Waals surface area contributed by atoms with Crippen molar-refractivity contribution in [2.45, 2.75) is 43.6 Å². The van der Waals surface area contributed by atoms with E-state index in [2.05, 4.69) is 51.7 Å². The smallest absolute Gasteiger partial charge is 0.0961 e. The first-order valence-corrected chi connectivity index (χ1v) is 12.1. The van der Waals surface area contributed by atoms with Crippen LogP contribution in [0.4, 0.5) is 0 Å². The molecule has 5 rings (SSSR count). The number of rotatable bonds is 4. The van der Waals surface area contributed by atoms with E-state index in [4.69, 9.17) is 27.9 Å². The number of ether oxygens (including phenoxy) is 1. The largest absolute Gasteiger partial charge is 0.381 e. The highest BCUT2D eigenvalue weighted by Crippen LogP contribution is 2.35. The molecule has 3 atom stereocenters. The van der Waals surface area contributed by atoms with Crippen molar-refractivity contribution in [1.82, 2.24) is 14.5 Å². The Bertz CT molecular complexity index is 1030. The summed E-state index contributed by atoms with van der Waals surface area (Å²) in [5.74, 6) is 0.173. The quantitative estimate of drug-likeness (QED) is 0.544. The molecule has 0 N–H and O–H groups in total. The van der Waals surface area contributed by atoms with Crippen LogP contribution in [0.25, 0.3) is 16.6 Å². The number of nitrogens with zero attached hydrogens (tertiary/aromatic N) is 3. The summed E-state index contributed by atoms with van der Waals surface area (Å²) in [5, 5.41) is 0.589. The van der Waals surface area contributed by atoms with Crippen LogP contribution in [0, 0.1) is 5.92 Å². The maximum atomic E-state index is 6.60. The van der Waals surface area contributed by atoms with Gasteiger partial charge in [-0.05, 0) is 61.6 Å². The molecule has 0 radical (unpaired) electrons. The normalized spacial score (nSPS) is 26.7. The summed E-state index contributed by atoms with van der Waals surface area (Å²) in [6.45, 7) is 6.16. The minimum Gasteiger partial charge on any atom is -0.381 e. The minimum atomic E-state index is -0.120. The highest BCUT2D eigenvalue weighted by Gasteiger charge is 2.27. The lowest BCUT2D eigenvalue weighted by atomic mass is 9.92. The van der Waals surface area contributed by atoms with Gasteiger partial charge in [0.1, 0.15) is 0 Å². The number of alkyl halides is 1. The van der Waals surface area contributed by atoms with E-state index in [9.17, 15) is 0 Å². The summed E-state index contributed by atoms with van der Waals surface area (Å²) < 4.78 is 7.79. The van der Waals surface area contributed by atoms with Gasteiger partial charge < -0.3 is 9.30 Å². The highest BCUT2D eigenvalue weighted by molar-refractivity contribution is 6.32. The van der Waals surface area contributed by atoms with E-state index in [1.165, 1.54) is 11.1 Å². The van der Waals surface area contributed by atoms with Crippen molar-refractivity contribution in [3.8, 4) is 0 Å². The molecular weight excluding hydrogens is 429 g/mol. The third-order valence-corrected chi connectivity index (χ3v) is 7.72. The Hall–Kier alpha value is -1.59. The van der Waals surface area contributed by atoms with Gasteiger partial charge in [0, 0.05) is 49.3 Å². The molecule has 1 saturated heterocycles. The van der Waals surface area contributed by atoms with E-state index in [-0.39, 0.29) is 17.3 Å². The van der Waals surface area contributed by atoms with Gasteiger partial charge in [-0.1, -0.05) is 29.8 Å². The second kappa shape index (κ2) is 9.11. The number of benzene rings is 1. The number of allylic oxidation sites excluding steroid dienone is 4. The molecule has 31 heavy (non-hydrogen) atoms. The van der Waals surface area contributed by atoms with Crippen molar-refractivity contribution < 1.29 is 4.74 Å². The SMILES string of the molecule is CC(C1C=CC(Cl)=CC1Cl)n1cnc2ccc(C3=CCN(C4CCOCC4)CC3)cc21. The average molecular weight is 458 g/mol. The van der Waals surface area contributed by atoms with E-state index >= 15 is 0 Å². The Balaban J connectivity index is 1.37. The summed E-state index contributed by atoms with van der Waals surface area (Å²) >= 11 is 12.7. The van der Waals surface area contributed by atoms with Gasteiger partial charge >= 0.3 is 0 Å². The number of hydrogen-bond donors (Lipinski definition) is 0. The lowest BCUT2D eigenvalue weighted by molar-refractivity contribution is 0.0378. The summed E-state index contributed by atoms with van der Waals surface area (Å²) in [6, 6.07) is 7.52. The van der Waals surface area contributed by atoms with Crippen molar-refractivity contribution in [2.24, 2.45) is 5.92 Å². The molecule has 1 aromatic carbocycles. The number of aromatic nitrogens is 2. The monoisotopic (exact) mass is 457 g/mol. The van der Waals surface area contributed by atoms with Crippen LogP contribution in [0.3, 0.4) is 0 Å². The number of imidazole rings is 1. The van der Waals surface area contributed by atoms with Gasteiger partial charge in [-0.25, -0.2) is 4.98 Å². The molecule has 1 aromatic heterocycles. The van der Waals surface area contributed by atoms with Gasteiger partial charge in [0.25, 0.3) is 0 Å². The van der Waals surface area contributed by atoms with Gasteiger partial charge in [0.15, 0.2) is 0 Å². The molecule has 164 valence electrons. The van der Waals surface area contributed by atoms with Gasteiger partial charge in [-0.3, -0.25) is 4.90 Å². The van der Waals surface area contributed by atoms with Gasteiger partial charge in [0.05, 0.1) is 22.7 Å². The van der Waals surface area contributed by atoms with Crippen LogP contribution in [-0.4, -0.2) is 52.2 Å². The third-order valence-electron chi connectivity index (χ3n) is 7.05. The van der Waals surface area contributed by atoms with Crippen LogP contribution in [0.1, 0.15) is 37.8 Å². The van der Waals surface area contributed by atoms with E-state index in [1.54, 1.807) is 0 Å². The first-order chi connectivity index (χ1) is 15.1. The lowest BCUT2D eigenvalue weighted by Gasteiger charge is -2.36. The van der Waals surface area contributed by atoms with Crippen molar-refractivity contribution in [3.63, 3.8) is 0 Å². The zero-order valence-electron chi connectivity index (χ0n) is 17.9. The summed E-state index contributed by atoms with van der Waals surface area (Å²) in [7, 11) is 0. The predicted octanol–water partition coefficient (Wildman–Crippen LogP) is 5.78. The van der Waals surface area contributed by atoms with Crippen molar-refractivity contribution >= 4 is 39.8 Å². The average Bonchev–Trinajstić information content (AvgIpc) is 3.23. The molecule has 3 heterocycles. The number of fused-ring (bicyclic) bond motifs is 1. The van der Waals surface area contributed by atoms with Crippen LogP contribution in [-0.2, 0) is 4.74 Å². The van der Waals surface area contributed by atoms with Crippen molar-refractivity contribution in [3.05, 3.63) is 59.4 Å². The Kier molecular flexibility index (Phi) is 6.25. The molecule has 4 nitrogen and oxygen atoms in total. The first-order valence-electron chi connectivity index (χ1n) is 11.3. The second-order valence-electron chi connectivity index (χ2n) is 8.85. The fourth-order valence-corrected chi connectivity index (χ4v) is 5.82. The number of hydrogen-bond acceptors (Lipinski definition) is 3. The summed E-state index contributed by atoms with van der Waals surface area (Å²) in [4.78, 5) is 7.27. The molecule has 1 aliphatic carbocycles. The molecule has 2 aromatic rings. The van der Waals surface area contributed by atoms with Gasteiger partial charge in [0.2, 0.25) is 0 Å². The molecule has 1 fully saturated rings. The Morgan fingerprint density at radius 3 is 2.81 bits per heavy atom. The molecule has 0 amide bonds. The van der Waals surface area contributed by atoms with Crippen LogP contribution >= 0.6 is 23.2 Å². The van der Waals surface area contributed by atoms with E-state index in [1.807, 2.05) is 18.5 Å².